The maximum Gasteiger partial charge on any atom is 0.163 e. The number of benzene rings is 2. The van der Waals surface area contributed by atoms with Gasteiger partial charge in [-0.05, 0) is 30.3 Å². The van der Waals surface area contributed by atoms with E-state index in [1.54, 1.807) is 19.5 Å². The molecule has 0 unspecified atom stereocenters. The Morgan fingerprint density at radius 2 is 1.74 bits per heavy atom. The summed E-state index contributed by atoms with van der Waals surface area (Å²) in [5.41, 5.74) is 2.91. The van der Waals surface area contributed by atoms with E-state index in [9.17, 15) is 0 Å². The molecule has 0 bridgehead atoms. The van der Waals surface area contributed by atoms with Crippen molar-refractivity contribution in [1.29, 1.82) is 0 Å². The molecule has 0 saturated carbocycles. The first-order chi connectivity index (χ1) is 13.3. The fraction of sp³-hybridized carbons (Fsp3) is 0.136. The fourth-order valence-corrected chi connectivity index (χ4v) is 3.14. The number of anilines is 1. The minimum Gasteiger partial charge on any atom is -0.496 e. The third kappa shape index (κ3) is 3.44. The maximum atomic E-state index is 5.49. The molecule has 2 aromatic carbocycles. The number of nitrogens with zero attached hydrogens (tertiary/aromatic N) is 4. The molecule has 5 nitrogen and oxygen atoms in total. The van der Waals surface area contributed by atoms with Crippen LogP contribution in [0.15, 0.2) is 73.1 Å². The van der Waals surface area contributed by atoms with Crippen LogP contribution < -0.4 is 9.64 Å². The molecular weight excluding hydrogens is 336 g/mol. The second-order valence-electron chi connectivity index (χ2n) is 6.30. The summed E-state index contributed by atoms with van der Waals surface area (Å²) in [4.78, 5) is 15.9. The molecule has 0 atom stereocenters. The maximum absolute atomic E-state index is 5.49. The topological polar surface area (TPSA) is 51.1 Å². The molecule has 5 heteroatoms. The van der Waals surface area contributed by atoms with Crippen LogP contribution in [0.1, 0.15) is 5.56 Å². The van der Waals surface area contributed by atoms with E-state index < -0.39 is 0 Å². The molecule has 0 aliphatic heterocycles. The van der Waals surface area contributed by atoms with Gasteiger partial charge in [0.05, 0.1) is 12.6 Å². The van der Waals surface area contributed by atoms with Gasteiger partial charge >= 0.3 is 0 Å². The second-order valence-corrected chi connectivity index (χ2v) is 6.30. The molecule has 4 rings (SSSR count). The highest BCUT2D eigenvalue weighted by Gasteiger charge is 2.14. The molecule has 134 valence electrons. The molecule has 27 heavy (non-hydrogen) atoms. The van der Waals surface area contributed by atoms with Crippen LogP contribution in [0.25, 0.3) is 22.3 Å². The lowest BCUT2D eigenvalue weighted by Gasteiger charge is -2.22. The number of hydrogen-bond donors (Lipinski definition) is 0. The van der Waals surface area contributed by atoms with Crippen molar-refractivity contribution in [2.75, 3.05) is 19.1 Å². The molecular formula is C22H20N4O. The van der Waals surface area contributed by atoms with Crippen molar-refractivity contribution in [2.45, 2.75) is 6.54 Å². The Morgan fingerprint density at radius 1 is 0.926 bits per heavy atom. The van der Waals surface area contributed by atoms with Gasteiger partial charge in [0.15, 0.2) is 5.82 Å². The van der Waals surface area contributed by atoms with E-state index in [2.05, 4.69) is 22.0 Å². The van der Waals surface area contributed by atoms with E-state index in [0.29, 0.717) is 12.4 Å². The van der Waals surface area contributed by atoms with Gasteiger partial charge in [-0.2, -0.15) is 0 Å². The first-order valence-electron chi connectivity index (χ1n) is 8.76. The summed E-state index contributed by atoms with van der Waals surface area (Å²) in [6.07, 6.45) is 3.54. The fourth-order valence-electron chi connectivity index (χ4n) is 3.14. The number of hydrogen-bond acceptors (Lipinski definition) is 5. The molecule has 0 fully saturated rings. The third-order valence-electron chi connectivity index (χ3n) is 4.46. The van der Waals surface area contributed by atoms with Crippen LogP contribution in [-0.2, 0) is 6.54 Å². The molecule has 0 aliphatic rings. The van der Waals surface area contributed by atoms with E-state index in [4.69, 9.17) is 14.7 Å². The summed E-state index contributed by atoms with van der Waals surface area (Å²) >= 11 is 0. The predicted molar refractivity (Wildman–Crippen MR) is 108 cm³/mol. The second kappa shape index (κ2) is 7.41. The minimum atomic E-state index is 0.670. The smallest absolute Gasteiger partial charge is 0.163 e. The molecule has 2 heterocycles. The van der Waals surface area contributed by atoms with Crippen molar-refractivity contribution in [2.24, 2.45) is 0 Å². The summed E-state index contributed by atoms with van der Waals surface area (Å²) in [7, 11) is 3.73. The van der Waals surface area contributed by atoms with Crippen LogP contribution in [0, 0.1) is 0 Å². The van der Waals surface area contributed by atoms with Crippen LogP contribution >= 0.6 is 0 Å². The Hall–Kier alpha value is -3.47. The van der Waals surface area contributed by atoms with Gasteiger partial charge in [-0.3, -0.25) is 4.98 Å². The number of fused-ring (bicyclic) bond motifs is 1. The number of ether oxygens (including phenoxy) is 1. The summed E-state index contributed by atoms with van der Waals surface area (Å²) < 4.78 is 5.49. The monoisotopic (exact) mass is 356 g/mol. The average Bonchev–Trinajstić information content (AvgIpc) is 2.74. The van der Waals surface area contributed by atoms with Crippen LogP contribution in [0.4, 0.5) is 5.82 Å². The highest BCUT2D eigenvalue weighted by molar-refractivity contribution is 5.91. The Balaban J connectivity index is 1.80. The molecule has 0 amide bonds. The van der Waals surface area contributed by atoms with Gasteiger partial charge in [0.25, 0.3) is 0 Å². The SMILES string of the molecule is COc1ccccc1CN(C)c1nc(-c2cccnc2)nc2ccccc12. The van der Waals surface area contributed by atoms with Crippen LogP contribution in [0.3, 0.4) is 0 Å². The zero-order valence-electron chi connectivity index (χ0n) is 15.3. The van der Waals surface area contributed by atoms with Gasteiger partial charge in [-0.1, -0.05) is 30.3 Å². The first kappa shape index (κ1) is 17.0. The number of methoxy groups -OCH3 is 1. The molecule has 2 aromatic heterocycles. The lowest BCUT2D eigenvalue weighted by molar-refractivity contribution is 0.409. The quantitative estimate of drug-likeness (QED) is 0.532. The van der Waals surface area contributed by atoms with E-state index in [1.165, 1.54) is 0 Å². The van der Waals surface area contributed by atoms with Crippen molar-refractivity contribution in [3.8, 4) is 17.1 Å². The first-order valence-corrected chi connectivity index (χ1v) is 8.76. The van der Waals surface area contributed by atoms with E-state index in [1.807, 2.05) is 55.6 Å². The van der Waals surface area contributed by atoms with E-state index >= 15 is 0 Å². The van der Waals surface area contributed by atoms with Crippen molar-refractivity contribution in [3.63, 3.8) is 0 Å². The molecule has 0 radical (unpaired) electrons. The van der Waals surface area contributed by atoms with E-state index in [-0.39, 0.29) is 0 Å². The highest BCUT2D eigenvalue weighted by Crippen LogP contribution is 2.28. The summed E-state index contributed by atoms with van der Waals surface area (Å²) in [6.45, 7) is 0.678. The third-order valence-corrected chi connectivity index (χ3v) is 4.46. The standard InChI is InChI=1S/C22H20N4O/c1-26(15-17-8-3-6-12-20(17)27-2)22-18-10-4-5-11-19(18)24-21(25-22)16-9-7-13-23-14-16/h3-14H,15H2,1-2H3. The number of para-hydroxylation sites is 2. The number of aromatic nitrogens is 3. The summed E-state index contributed by atoms with van der Waals surface area (Å²) in [5, 5.41) is 1.02. The molecule has 0 saturated heterocycles. The number of pyridine rings is 1. The van der Waals surface area contributed by atoms with Gasteiger partial charge in [0.1, 0.15) is 11.6 Å². The van der Waals surface area contributed by atoms with Gasteiger partial charge in [0, 0.05) is 42.5 Å². The van der Waals surface area contributed by atoms with Gasteiger partial charge in [-0.25, -0.2) is 9.97 Å². The predicted octanol–water partition coefficient (Wildman–Crippen LogP) is 4.34. The summed E-state index contributed by atoms with van der Waals surface area (Å²) in [6, 6.07) is 20.0. The Labute approximate surface area is 158 Å². The van der Waals surface area contributed by atoms with Gasteiger partial charge < -0.3 is 9.64 Å². The zero-order chi connectivity index (χ0) is 18.6. The Bertz CT molecular complexity index is 1070. The Kier molecular flexibility index (Phi) is 4.66. The van der Waals surface area contributed by atoms with Crippen LogP contribution in [0.5, 0.6) is 5.75 Å². The molecule has 0 spiro atoms. The van der Waals surface area contributed by atoms with Gasteiger partial charge in [-0.15, -0.1) is 0 Å². The van der Waals surface area contributed by atoms with Crippen molar-refractivity contribution >= 4 is 16.7 Å². The van der Waals surface area contributed by atoms with Crippen LogP contribution in [0.2, 0.25) is 0 Å². The van der Waals surface area contributed by atoms with Crippen molar-refractivity contribution < 1.29 is 4.74 Å². The lowest BCUT2D eigenvalue weighted by Crippen LogP contribution is -2.19. The normalized spacial score (nSPS) is 10.7. The van der Waals surface area contributed by atoms with Crippen LogP contribution in [-0.4, -0.2) is 29.1 Å². The Morgan fingerprint density at radius 3 is 2.56 bits per heavy atom. The largest absolute Gasteiger partial charge is 0.496 e. The van der Waals surface area contributed by atoms with E-state index in [0.717, 1.165) is 33.6 Å². The number of rotatable bonds is 5. The summed E-state index contributed by atoms with van der Waals surface area (Å²) in [5.74, 6) is 2.42. The molecule has 4 aromatic rings. The highest BCUT2D eigenvalue weighted by atomic mass is 16.5. The van der Waals surface area contributed by atoms with Crippen molar-refractivity contribution in [1.82, 2.24) is 15.0 Å². The van der Waals surface area contributed by atoms with Gasteiger partial charge in [0.2, 0.25) is 0 Å². The molecule has 0 aliphatic carbocycles. The minimum absolute atomic E-state index is 0.670. The lowest BCUT2D eigenvalue weighted by atomic mass is 10.1. The van der Waals surface area contributed by atoms with Crippen molar-refractivity contribution in [3.05, 3.63) is 78.6 Å². The molecule has 0 N–H and O–H groups in total. The zero-order valence-corrected chi connectivity index (χ0v) is 15.3. The average molecular weight is 356 g/mol.